The first-order valence-corrected chi connectivity index (χ1v) is 11.2. The number of imidazole rings is 1. The van der Waals surface area contributed by atoms with Gasteiger partial charge in [0.25, 0.3) is 0 Å². The Morgan fingerprint density at radius 2 is 1.53 bits per heavy atom. The van der Waals surface area contributed by atoms with Crippen LogP contribution in [-0.4, -0.2) is 74.7 Å². The van der Waals surface area contributed by atoms with Crippen molar-refractivity contribution in [2.75, 3.05) is 0 Å². The van der Waals surface area contributed by atoms with Crippen LogP contribution in [0.2, 0.25) is 0 Å². The lowest BCUT2D eigenvalue weighted by Gasteiger charge is -2.25. The van der Waals surface area contributed by atoms with Crippen LogP contribution in [0.25, 0.3) is 0 Å². The van der Waals surface area contributed by atoms with E-state index in [1.54, 1.807) is 0 Å². The lowest BCUT2D eigenvalue weighted by atomic mass is 10.0. The topological polar surface area (TPSA) is 265 Å². The molecule has 1 rings (SSSR count). The van der Waals surface area contributed by atoms with Crippen LogP contribution in [-0.2, 0) is 35.2 Å². The highest BCUT2D eigenvalue weighted by Crippen LogP contribution is 2.07. The van der Waals surface area contributed by atoms with Gasteiger partial charge in [0.05, 0.1) is 18.8 Å². The van der Waals surface area contributed by atoms with Gasteiger partial charge in [-0.05, 0) is 18.8 Å². The predicted octanol–water partition coefficient (Wildman–Crippen LogP) is -2.99. The molecule has 1 heterocycles. The second-order valence-corrected chi connectivity index (χ2v) is 8.71. The van der Waals surface area contributed by atoms with E-state index in [1.807, 2.05) is 13.8 Å². The summed E-state index contributed by atoms with van der Waals surface area (Å²) in [6.07, 6.45) is 1.88. The zero-order valence-electron chi connectivity index (χ0n) is 20.2. The van der Waals surface area contributed by atoms with Gasteiger partial charge in [-0.15, -0.1) is 0 Å². The van der Waals surface area contributed by atoms with E-state index in [2.05, 4.69) is 25.9 Å². The summed E-state index contributed by atoms with van der Waals surface area (Å²) in [7, 11) is 0. The van der Waals surface area contributed by atoms with Crippen LogP contribution in [0.4, 0.5) is 0 Å². The number of aromatic amines is 1. The Hall–Kier alpha value is -4.01. The number of aromatic nitrogens is 2. The first kappa shape index (κ1) is 30.0. The number of carbonyl (C=O) groups excluding carboxylic acids is 5. The molecule has 5 amide bonds. The van der Waals surface area contributed by atoms with E-state index in [9.17, 15) is 33.9 Å². The van der Waals surface area contributed by atoms with Crippen molar-refractivity contribution < 1.29 is 33.9 Å². The number of aliphatic carboxylic acids is 1. The lowest BCUT2D eigenvalue weighted by Crippen LogP contribution is -2.58. The third-order valence-corrected chi connectivity index (χ3v) is 5.01. The minimum absolute atomic E-state index is 0.0322. The van der Waals surface area contributed by atoms with E-state index in [0.717, 1.165) is 0 Å². The summed E-state index contributed by atoms with van der Waals surface area (Å²) in [6, 6.07) is -5.15. The van der Waals surface area contributed by atoms with Crippen molar-refractivity contribution in [1.82, 2.24) is 25.9 Å². The fraction of sp³-hybridized carbons (Fsp3) is 0.571. The van der Waals surface area contributed by atoms with Gasteiger partial charge in [-0.25, -0.2) is 9.78 Å². The van der Waals surface area contributed by atoms with Crippen LogP contribution >= 0.6 is 0 Å². The molecule has 0 aromatic carbocycles. The zero-order valence-corrected chi connectivity index (χ0v) is 20.2. The number of nitrogens with one attached hydrogen (secondary N) is 4. The second-order valence-electron chi connectivity index (χ2n) is 8.71. The number of rotatable bonds is 16. The normalized spacial score (nSPS) is 14.2. The molecule has 0 saturated heterocycles. The number of hydrogen-bond acceptors (Lipinski definition) is 8. The van der Waals surface area contributed by atoms with Gasteiger partial charge in [-0.3, -0.25) is 24.0 Å². The van der Waals surface area contributed by atoms with Crippen molar-refractivity contribution in [2.24, 2.45) is 23.1 Å². The van der Waals surface area contributed by atoms with Crippen LogP contribution < -0.4 is 33.2 Å². The highest BCUT2D eigenvalue weighted by molar-refractivity contribution is 5.95. The quantitative estimate of drug-likeness (QED) is 0.112. The average molecular weight is 511 g/mol. The molecule has 36 heavy (non-hydrogen) atoms. The molecule has 0 saturated carbocycles. The van der Waals surface area contributed by atoms with Gasteiger partial charge in [-0.2, -0.15) is 0 Å². The van der Waals surface area contributed by atoms with Gasteiger partial charge in [0.2, 0.25) is 29.5 Å². The van der Waals surface area contributed by atoms with E-state index < -0.39 is 66.1 Å². The number of H-pyrrole nitrogens is 1. The molecule has 4 unspecified atom stereocenters. The first-order chi connectivity index (χ1) is 16.8. The van der Waals surface area contributed by atoms with E-state index >= 15 is 0 Å². The first-order valence-electron chi connectivity index (χ1n) is 11.2. The van der Waals surface area contributed by atoms with Crippen molar-refractivity contribution in [3.63, 3.8) is 0 Å². The molecule has 4 atom stereocenters. The molecular weight excluding hydrogens is 476 g/mol. The van der Waals surface area contributed by atoms with Crippen LogP contribution in [0, 0.1) is 5.92 Å². The van der Waals surface area contributed by atoms with E-state index in [4.69, 9.17) is 17.2 Å². The van der Waals surface area contributed by atoms with Gasteiger partial charge in [-0.1, -0.05) is 13.8 Å². The molecule has 0 spiro atoms. The summed E-state index contributed by atoms with van der Waals surface area (Å²) in [4.78, 5) is 78.9. The fourth-order valence-electron chi connectivity index (χ4n) is 3.22. The molecule has 200 valence electrons. The number of carboxylic acid groups (broad SMARTS) is 1. The SMILES string of the molecule is CC(C)CC(N)C(=O)NC(Cc1cnc[nH]1)C(=O)NC(CCC(N)=O)C(=O)NC(CC(N)=O)C(=O)O. The molecule has 0 fully saturated rings. The number of nitrogens with two attached hydrogens (primary N) is 3. The van der Waals surface area contributed by atoms with Crippen LogP contribution in [0.5, 0.6) is 0 Å². The Balaban J connectivity index is 3.09. The number of amides is 5. The fourth-order valence-corrected chi connectivity index (χ4v) is 3.22. The minimum Gasteiger partial charge on any atom is -0.480 e. The summed E-state index contributed by atoms with van der Waals surface area (Å²) in [5.41, 5.74) is 16.6. The van der Waals surface area contributed by atoms with Crippen molar-refractivity contribution in [2.45, 2.75) is 70.1 Å². The molecule has 0 radical (unpaired) electrons. The Morgan fingerprint density at radius 3 is 2.03 bits per heavy atom. The molecule has 15 nitrogen and oxygen atoms in total. The smallest absolute Gasteiger partial charge is 0.326 e. The summed E-state index contributed by atoms with van der Waals surface area (Å²) >= 11 is 0. The summed E-state index contributed by atoms with van der Waals surface area (Å²) in [6.45, 7) is 3.76. The Kier molecular flexibility index (Phi) is 12.0. The molecular formula is C21H34N8O7. The van der Waals surface area contributed by atoms with Gasteiger partial charge in [0.1, 0.15) is 18.1 Å². The number of hydrogen-bond donors (Lipinski definition) is 8. The number of carbonyl (C=O) groups is 6. The third kappa shape index (κ3) is 10.9. The maximum Gasteiger partial charge on any atom is 0.326 e. The van der Waals surface area contributed by atoms with Crippen LogP contribution in [0.1, 0.15) is 45.2 Å². The Morgan fingerprint density at radius 1 is 0.944 bits per heavy atom. The second kappa shape index (κ2) is 14.4. The molecule has 0 aliphatic carbocycles. The van der Waals surface area contributed by atoms with Crippen molar-refractivity contribution >= 4 is 35.5 Å². The summed E-state index contributed by atoms with van der Waals surface area (Å²) in [5.74, 6) is -5.52. The van der Waals surface area contributed by atoms with Crippen molar-refractivity contribution in [3.05, 3.63) is 18.2 Å². The molecule has 15 heteroatoms. The maximum absolute atomic E-state index is 13.1. The predicted molar refractivity (Wildman–Crippen MR) is 125 cm³/mol. The van der Waals surface area contributed by atoms with Gasteiger partial charge in [0, 0.05) is 24.7 Å². The summed E-state index contributed by atoms with van der Waals surface area (Å²) in [5, 5.41) is 16.3. The Bertz CT molecular complexity index is 935. The van der Waals surface area contributed by atoms with Crippen LogP contribution in [0.15, 0.2) is 12.5 Å². The minimum atomic E-state index is -1.66. The lowest BCUT2D eigenvalue weighted by molar-refractivity contribution is -0.144. The molecule has 0 aliphatic rings. The monoisotopic (exact) mass is 510 g/mol. The Labute approximate surface area is 207 Å². The highest BCUT2D eigenvalue weighted by Gasteiger charge is 2.31. The van der Waals surface area contributed by atoms with Crippen molar-refractivity contribution in [1.29, 1.82) is 0 Å². The molecule has 1 aromatic heterocycles. The van der Waals surface area contributed by atoms with Gasteiger partial charge in [0.15, 0.2) is 0 Å². The number of carboxylic acids is 1. The standard InChI is InChI=1S/C21H34N8O7/c1-10(2)5-12(22)18(32)28-14(6-11-8-25-9-26-11)20(34)27-13(3-4-16(23)30)19(33)29-15(21(35)36)7-17(24)31/h8-10,12-15H,3-7,22H2,1-2H3,(H2,23,30)(H2,24,31)(H,25,26)(H,27,34)(H,28,32)(H,29,33)(H,35,36). The third-order valence-electron chi connectivity index (χ3n) is 5.01. The number of primary amides is 2. The maximum atomic E-state index is 13.1. The largest absolute Gasteiger partial charge is 0.480 e. The highest BCUT2D eigenvalue weighted by atomic mass is 16.4. The summed E-state index contributed by atoms with van der Waals surface area (Å²) < 4.78 is 0. The van der Waals surface area contributed by atoms with Gasteiger partial charge >= 0.3 is 5.97 Å². The molecule has 0 bridgehead atoms. The molecule has 0 aliphatic heterocycles. The number of nitrogens with zero attached hydrogens (tertiary/aromatic N) is 1. The van der Waals surface area contributed by atoms with Crippen LogP contribution in [0.3, 0.4) is 0 Å². The van der Waals surface area contributed by atoms with Gasteiger partial charge < -0.3 is 43.2 Å². The zero-order chi connectivity index (χ0) is 27.4. The molecule has 1 aromatic rings. The van der Waals surface area contributed by atoms with E-state index in [1.165, 1.54) is 12.5 Å². The van der Waals surface area contributed by atoms with Crippen molar-refractivity contribution in [3.8, 4) is 0 Å². The average Bonchev–Trinajstić information content (AvgIpc) is 3.27. The van der Waals surface area contributed by atoms with E-state index in [-0.39, 0.29) is 25.2 Å². The van der Waals surface area contributed by atoms with E-state index in [0.29, 0.717) is 12.1 Å². The molecule has 11 N–H and O–H groups in total.